The molecule has 0 spiro atoms. The third-order valence-corrected chi connectivity index (χ3v) is 4.31. The number of nitrogens with zero attached hydrogens (tertiary/aromatic N) is 1. The van der Waals surface area contributed by atoms with Gasteiger partial charge >= 0.3 is 5.97 Å². The number of carbonyl (C=O) groups is 2. The molecular weight excluding hydrogens is 296 g/mol. The van der Waals surface area contributed by atoms with Crippen molar-refractivity contribution in [2.24, 2.45) is 0 Å². The van der Waals surface area contributed by atoms with Gasteiger partial charge in [0.15, 0.2) is 6.10 Å². The molecule has 0 saturated carbocycles. The predicted octanol–water partition coefficient (Wildman–Crippen LogP) is 1.72. The number of morpholine rings is 1. The summed E-state index contributed by atoms with van der Waals surface area (Å²) in [5.74, 6) is -1.05. The number of hydrogen-bond acceptors (Lipinski definition) is 3. The van der Waals surface area contributed by atoms with Crippen LogP contribution in [0.25, 0.3) is 10.9 Å². The number of rotatable bonds is 4. The molecule has 1 atom stereocenters. The maximum absolute atomic E-state index is 12.3. The highest BCUT2D eigenvalue weighted by atomic mass is 16.5. The van der Waals surface area contributed by atoms with Crippen molar-refractivity contribution in [1.29, 1.82) is 0 Å². The fraction of sp³-hybridized carbons (Fsp3) is 0.412. The molecule has 2 aromatic rings. The molecule has 0 radical (unpaired) electrons. The van der Waals surface area contributed by atoms with Crippen LogP contribution in [0.15, 0.2) is 24.4 Å². The molecular formula is C17H20N2O4. The zero-order chi connectivity index (χ0) is 16.4. The quantitative estimate of drug-likeness (QED) is 0.900. The molecule has 0 aliphatic carbocycles. The van der Waals surface area contributed by atoms with Gasteiger partial charge in [0.2, 0.25) is 5.91 Å². The van der Waals surface area contributed by atoms with Crippen LogP contribution in [0.1, 0.15) is 17.5 Å². The van der Waals surface area contributed by atoms with E-state index in [2.05, 4.69) is 4.98 Å². The molecule has 3 rings (SSSR count). The standard InChI is InChI=1S/C17H20N2O4/c1-11-3-2-4-13-12(9-18-16(11)13)5-6-15(20)19-7-8-23-14(10-19)17(21)22/h2-4,9,14,18H,5-8,10H2,1H3,(H,21,22)/t14-/m0/s1. The van der Waals surface area contributed by atoms with Crippen LogP contribution in [0.5, 0.6) is 0 Å². The van der Waals surface area contributed by atoms with E-state index < -0.39 is 12.1 Å². The number of benzene rings is 1. The first-order valence-corrected chi connectivity index (χ1v) is 7.74. The molecule has 6 heteroatoms. The van der Waals surface area contributed by atoms with Crippen molar-refractivity contribution in [2.75, 3.05) is 19.7 Å². The number of aromatic nitrogens is 1. The number of fused-ring (bicyclic) bond motifs is 1. The van der Waals surface area contributed by atoms with Crippen LogP contribution in [0.4, 0.5) is 0 Å². The first-order chi connectivity index (χ1) is 11.1. The molecule has 6 nitrogen and oxygen atoms in total. The number of carboxylic acid groups (broad SMARTS) is 1. The minimum absolute atomic E-state index is 0.0263. The van der Waals surface area contributed by atoms with Crippen LogP contribution < -0.4 is 0 Å². The number of para-hydroxylation sites is 1. The number of amides is 1. The van der Waals surface area contributed by atoms with Gasteiger partial charge in [0.25, 0.3) is 0 Å². The second kappa shape index (κ2) is 6.42. The Bertz CT molecular complexity index is 737. The Kier molecular flexibility index (Phi) is 4.34. The summed E-state index contributed by atoms with van der Waals surface area (Å²) < 4.78 is 5.14. The van der Waals surface area contributed by atoms with E-state index >= 15 is 0 Å². The highest BCUT2D eigenvalue weighted by Crippen LogP contribution is 2.22. The molecule has 0 unspecified atom stereocenters. The zero-order valence-electron chi connectivity index (χ0n) is 13.0. The Morgan fingerprint density at radius 3 is 3.04 bits per heavy atom. The minimum Gasteiger partial charge on any atom is -0.479 e. The van der Waals surface area contributed by atoms with Gasteiger partial charge in [-0.05, 0) is 24.5 Å². The summed E-state index contributed by atoms with van der Waals surface area (Å²) in [4.78, 5) is 28.2. The van der Waals surface area contributed by atoms with Crippen molar-refractivity contribution in [3.8, 4) is 0 Å². The molecule has 1 aliphatic heterocycles. The Morgan fingerprint density at radius 2 is 2.26 bits per heavy atom. The topological polar surface area (TPSA) is 82.6 Å². The number of H-pyrrole nitrogens is 1. The van der Waals surface area contributed by atoms with Crippen molar-refractivity contribution in [3.05, 3.63) is 35.5 Å². The van der Waals surface area contributed by atoms with E-state index in [1.807, 2.05) is 31.3 Å². The number of nitrogens with one attached hydrogen (secondary N) is 1. The molecule has 1 fully saturated rings. The van der Waals surface area contributed by atoms with Crippen molar-refractivity contribution in [3.63, 3.8) is 0 Å². The maximum Gasteiger partial charge on any atom is 0.334 e. The Hall–Kier alpha value is -2.34. The molecule has 2 heterocycles. The fourth-order valence-corrected chi connectivity index (χ4v) is 3.00. The smallest absolute Gasteiger partial charge is 0.334 e. The van der Waals surface area contributed by atoms with E-state index in [-0.39, 0.29) is 19.1 Å². The molecule has 23 heavy (non-hydrogen) atoms. The van der Waals surface area contributed by atoms with Gasteiger partial charge in [-0.1, -0.05) is 18.2 Å². The Labute approximate surface area is 134 Å². The van der Waals surface area contributed by atoms with Crippen LogP contribution >= 0.6 is 0 Å². The monoisotopic (exact) mass is 316 g/mol. The molecule has 1 amide bonds. The average Bonchev–Trinajstić information content (AvgIpc) is 2.97. The van der Waals surface area contributed by atoms with E-state index in [4.69, 9.17) is 9.84 Å². The van der Waals surface area contributed by atoms with E-state index in [0.29, 0.717) is 19.4 Å². The largest absolute Gasteiger partial charge is 0.479 e. The van der Waals surface area contributed by atoms with Gasteiger partial charge < -0.3 is 19.7 Å². The minimum atomic E-state index is -1.02. The lowest BCUT2D eigenvalue weighted by Crippen LogP contribution is -2.48. The van der Waals surface area contributed by atoms with Gasteiger partial charge in [-0.2, -0.15) is 0 Å². The maximum atomic E-state index is 12.3. The van der Waals surface area contributed by atoms with Gasteiger partial charge in [0.05, 0.1) is 13.2 Å². The molecule has 0 bridgehead atoms. The SMILES string of the molecule is Cc1cccc2c(CCC(=O)N3CCO[C@H](C(=O)O)C3)c[nH]c12. The number of aliphatic carboxylic acids is 1. The lowest BCUT2D eigenvalue weighted by molar-refractivity contribution is -0.159. The summed E-state index contributed by atoms with van der Waals surface area (Å²) in [5.41, 5.74) is 3.39. The van der Waals surface area contributed by atoms with Crippen molar-refractivity contribution >= 4 is 22.8 Å². The van der Waals surface area contributed by atoms with Crippen LogP contribution in [-0.2, 0) is 20.7 Å². The first kappa shape index (κ1) is 15.6. The van der Waals surface area contributed by atoms with Gasteiger partial charge in [0.1, 0.15) is 0 Å². The third-order valence-electron chi connectivity index (χ3n) is 4.31. The van der Waals surface area contributed by atoms with E-state index in [1.54, 1.807) is 4.90 Å². The third kappa shape index (κ3) is 3.22. The van der Waals surface area contributed by atoms with Gasteiger partial charge in [-0.15, -0.1) is 0 Å². The number of carboxylic acids is 1. The van der Waals surface area contributed by atoms with Gasteiger partial charge in [0, 0.05) is 30.1 Å². The molecule has 1 aromatic carbocycles. The number of ether oxygens (including phenoxy) is 1. The zero-order valence-corrected chi connectivity index (χ0v) is 13.0. The lowest BCUT2D eigenvalue weighted by Gasteiger charge is -2.30. The van der Waals surface area contributed by atoms with Crippen LogP contribution in [-0.4, -0.2) is 52.7 Å². The summed E-state index contributed by atoms with van der Waals surface area (Å²) >= 11 is 0. The Morgan fingerprint density at radius 1 is 1.43 bits per heavy atom. The summed E-state index contributed by atoms with van der Waals surface area (Å²) in [6.45, 7) is 2.90. The van der Waals surface area contributed by atoms with Crippen molar-refractivity contribution in [1.82, 2.24) is 9.88 Å². The lowest BCUT2D eigenvalue weighted by atomic mass is 10.1. The molecule has 1 aromatic heterocycles. The van der Waals surface area contributed by atoms with Crippen molar-refractivity contribution < 1.29 is 19.4 Å². The van der Waals surface area contributed by atoms with Crippen LogP contribution in [0.3, 0.4) is 0 Å². The normalized spacial score (nSPS) is 18.3. The van der Waals surface area contributed by atoms with Crippen LogP contribution in [0, 0.1) is 6.92 Å². The number of hydrogen-bond donors (Lipinski definition) is 2. The van der Waals surface area contributed by atoms with E-state index in [0.717, 1.165) is 16.5 Å². The fourth-order valence-electron chi connectivity index (χ4n) is 3.00. The first-order valence-electron chi connectivity index (χ1n) is 7.74. The highest BCUT2D eigenvalue weighted by Gasteiger charge is 2.28. The number of aromatic amines is 1. The van der Waals surface area contributed by atoms with Gasteiger partial charge in [-0.3, -0.25) is 4.79 Å². The van der Waals surface area contributed by atoms with Crippen molar-refractivity contribution in [2.45, 2.75) is 25.9 Å². The summed E-state index contributed by atoms with van der Waals surface area (Å²) in [6.07, 6.45) is 2.04. The van der Waals surface area contributed by atoms with Crippen LogP contribution in [0.2, 0.25) is 0 Å². The average molecular weight is 316 g/mol. The second-order valence-electron chi connectivity index (χ2n) is 5.85. The summed E-state index contributed by atoms with van der Waals surface area (Å²) in [5, 5.41) is 10.1. The predicted molar refractivity (Wildman–Crippen MR) is 85.3 cm³/mol. The molecule has 2 N–H and O–H groups in total. The molecule has 122 valence electrons. The number of carbonyl (C=O) groups excluding carboxylic acids is 1. The summed E-state index contributed by atoms with van der Waals surface area (Å²) in [7, 11) is 0. The van der Waals surface area contributed by atoms with E-state index in [1.165, 1.54) is 5.56 Å². The molecule has 1 saturated heterocycles. The number of aryl methyl sites for hydroxylation is 2. The van der Waals surface area contributed by atoms with E-state index in [9.17, 15) is 9.59 Å². The summed E-state index contributed by atoms with van der Waals surface area (Å²) in [6, 6.07) is 6.11. The second-order valence-corrected chi connectivity index (χ2v) is 5.85. The molecule has 1 aliphatic rings. The Balaban J connectivity index is 1.64. The highest BCUT2D eigenvalue weighted by molar-refractivity contribution is 5.86. The van der Waals surface area contributed by atoms with Gasteiger partial charge in [-0.25, -0.2) is 4.79 Å².